The quantitative estimate of drug-likeness (QED) is 0.695. The Bertz CT molecular complexity index is 333. The summed E-state index contributed by atoms with van der Waals surface area (Å²) < 4.78 is 0. The van der Waals surface area contributed by atoms with Gasteiger partial charge in [-0.3, -0.25) is 9.59 Å². The molecule has 1 saturated heterocycles. The fourth-order valence-electron chi connectivity index (χ4n) is 1.63. The van der Waals surface area contributed by atoms with Gasteiger partial charge in [0.25, 0.3) is 0 Å². The normalized spacial score (nSPS) is 20.2. The zero-order chi connectivity index (χ0) is 12.3. The van der Waals surface area contributed by atoms with Gasteiger partial charge in [-0.05, 0) is 12.3 Å². The first-order valence-electron chi connectivity index (χ1n) is 5.43. The van der Waals surface area contributed by atoms with Crippen LogP contribution in [0.5, 0.6) is 0 Å². The Balaban J connectivity index is 2.58. The fraction of sp³-hybridized carbons (Fsp3) is 0.727. The van der Waals surface area contributed by atoms with Gasteiger partial charge < -0.3 is 10.2 Å². The van der Waals surface area contributed by atoms with E-state index in [1.807, 2.05) is 19.9 Å². The molecule has 0 spiro atoms. The molecule has 0 aromatic carbocycles. The van der Waals surface area contributed by atoms with Crippen LogP contribution in [-0.4, -0.2) is 35.3 Å². The third kappa shape index (κ3) is 3.23. The Morgan fingerprint density at radius 2 is 2.19 bits per heavy atom. The van der Waals surface area contributed by atoms with Crippen LogP contribution in [-0.2, 0) is 9.59 Å². The largest absolute Gasteiger partial charge is 0.345 e. The zero-order valence-electron chi connectivity index (χ0n) is 9.86. The molecule has 0 radical (unpaired) electrons. The summed E-state index contributed by atoms with van der Waals surface area (Å²) in [6.45, 7) is 5.87. The highest BCUT2D eigenvalue weighted by molar-refractivity contribution is 5.88. The minimum atomic E-state index is -0.490. The molecule has 2 amide bonds. The van der Waals surface area contributed by atoms with E-state index >= 15 is 0 Å². The molecule has 0 saturated carbocycles. The fourth-order valence-corrected chi connectivity index (χ4v) is 1.63. The van der Waals surface area contributed by atoms with E-state index in [1.165, 1.54) is 11.8 Å². The molecule has 2 unspecified atom stereocenters. The predicted molar refractivity (Wildman–Crippen MR) is 58.2 cm³/mol. The number of hydrogen-bond donors (Lipinski definition) is 1. The molecule has 1 N–H and O–H groups in total. The Hall–Kier alpha value is -1.57. The summed E-state index contributed by atoms with van der Waals surface area (Å²) in [5.74, 6) is -0.0360. The summed E-state index contributed by atoms with van der Waals surface area (Å²) in [4.78, 5) is 24.4. The van der Waals surface area contributed by atoms with Crippen LogP contribution in [0, 0.1) is 17.2 Å². The average molecular weight is 223 g/mol. The first-order chi connectivity index (χ1) is 7.45. The van der Waals surface area contributed by atoms with Crippen molar-refractivity contribution < 1.29 is 9.59 Å². The number of carbonyl (C=O) groups is 2. The maximum Gasteiger partial charge on any atom is 0.246 e. The van der Waals surface area contributed by atoms with E-state index in [1.54, 1.807) is 0 Å². The van der Waals surface area contributed by atoms with E-state index in [-0.39, 0.29) is 17.9 Å². The lowest BCUT2D eigenvalue weighted by atomic mass is 10.0. The lowest BCUT2D eigenvalue weighted by Gasteiger charge is -2.19. The van der Waals surface area contributed by atoms with Crippen LogP contribution >= 0.6 is 0 Å². The second-order valence-electron chi connectivity index (χ2n) is 4.52. The van der Waals surface area contributed by atoms with Gasteiger partial charge in [0.2, 0.25) is 11.8 Å². The zero-order valence-corrected chi connectivity index (χ0v) is 9.86. The molecule has 0 aliphatic carbocycles. The summed E-state index contributed by atoms with van der Waals surface area (Å²) in [5, 5.41) is 11.3. The van der Waals surface area contributed by atoms with E-state index in [0.29, 0.717) is 18.9 Å². The lowest BCUT2D eigenvalue weighted by Crippen LogP contribution is -2.44. The Morgan fingerprint density at radius 3 is 2.56 bits per heavy atom. The van der Waals surface area contributed by atoms with Gasteiger partial charge in [0.1, 0.15) is 12.1 Å². The highest BCUT2D eigenvalue weighted by atomic mass is 16.2. The van der Waals surface area contributed by atoms with Crippen molar-refractivity contribution in [1.29, 1.82) is 5.26 Å². The van der Waals surface area contributed by atoms with E-state index < -0.39 is 6.04 Å². The smallest absolute Gasteiger partial charge is 0.246 e. The standard InChI is InChI=1S/C11H17N3O2/c1-7(2)4-10(13-8(3)15)11(16)14-6-9(14)5-12/h7,9-10H,4,6H2,1-3H3,(H,13,15). The van der Waals surface area contributed by atoms with Gasteiger partial charge in [-0.15, -0.1) is 0 Å². The van der Waals surface area contributed by atoms with Crippen molar-refractivity contribution in [2.75, 3.05) is 6.54 Å². The van der Waals surface area contributed by atoms with Crippen LogP contribution in [0.4, 0.5) is 0 Å². The topological polar surface area (TPSA) is 73.0 Å². The Labute approximate surface area is 95.4 Å². The minimum Gasteiger partial charge on any atom is -0.345 e. The van der Waals surface area contributed by atoms with Crippen molar-refractivity contribution in [2.45, 2.75) is 39.3 Å². The summed E-state index contributed by atoms with van der Waals surface area (Å²) in [7, 11) is 0. The molecule has 1 fully saturated rings. The number of nitriles is 1. The van der Waals surface area contributed by atoms with Crippen molar-refractivity contribution >= 4 is 11.8 Å². The molecule has 0 bridgehead atoms. The van der Waals surface area contributed by atoms with E-state index in [9.17, 15) is 9.59 Å². The van der Waals surface area contributed by atoms with E-state index in [4.69, 9.17) is 5.26 Å². The summed E-state index contributed by atoms with van der Waals surface area (Å²) in [5.41, 5.74) is 0. The van der Waals surface area contributed by atoms with E-state index in [0.717, 1.165) is 0 Å². The molecule has 2 atom stereocenters. The number of rotatable bonds is 4. The number of carbonyl (C=O) groups excluding carboxylic acids is 2. The van der Waals surface area contributed by atoms with Crippen LogP contribution < -0.4 is 5.32 Å². The maximum absolute atomic E-state index is 11.9. The van der Waals surface area contributed by atoms with Crippen molar-refractivity contribution in [3.63, 3.8) is 0 Å². The van der Waals surface area contributed by atoms with Gasteiger partial charge in [-0.25, -0.2) is 0 Å². The minimum absolute atomic E-state index is 0.143. The first kappa shape index (κ1) is 12.5. The average Bonchev–Trinajstić information content (AvgIpc) is 2.93. The SMILES string of the molecule is CC(=O)NC(CC(C)C)C(=O)N1CC1C#N. The Morgan fingerprint density at radius 1 is 1.56 bits per heavy atom. The molecule has 5 nitrogen and oxygen atoms in total. The molecule has 88 valence electrons. The van der Waals surface area contributed by atoms with Gasteiger partial charge in [0, 0.05) is 6.92 Å². The molecule has 0 aromatic rings. The summed E-state index contributed by atoms with van der Waals surface area (Å²) in [6, 6.07) is 1.24. The summed E-state index contributed by atoms with van der Waals surface area (Å²) >= 11 is 0. The molecule has 1 heterocycles. The van der Waals surface area contributed by atoms with Gasteiger partial charge in [-0.1, -0.05) is 13.8 Å². The third-order valence-electron chi connectivity index (χ3n) is 2.43. The van der Waals surface area contributed by atoms with Crippen molar-refractivity contribution in [3.8, 4) is 6.07 Å². The van der Waals surface area contributed by atoms with Crippen molar-refractivity contribution in [3.05, 3.63) is 0 Å². The van der Waals surface area contributed by atoms with E-state index in [2.05, 4.69) is 5.32 Å². The van der Waals surface area contributed by atoms with Crippen LogP contribution in [0.25, 0.3) is 0 Å². The van der Waals surface area contributed by atoms with Crippen molar-refractivity contribution in [1.82, 2.24) is 10.2 Å². The molecule has 5 heteroatoms. The lowest BCUT2D eigenvalue weighted by molar-refractivity contribution is -0.132. The van der Waals surface area contributed by atoms with Crippen molar-refractivity contribution in [2.24, 2.45) is 5.92 Å². The maximum atomic E-state index is 11.9. The van der Waals surface area contributed by atoms with Gasteiger partial charge in [0.15, 0.2) is 0 Å². The third-order valence-corrected chi connectivity index (χ3v) is 2.43. The molecule has 16 heavy (non-hydrogen) atoms. The number of hydrogen-bond acceptors (Lipinski definition) is 3. The van der Waals surface area contributed by atoms with Crippen LogP contribution in [0.3, 0.4) is 0 Å². The number of nitrogens with zero attached hydrogens (tertiary/aromatic N) is 2. The molecule has 1 rings (SSSR count). The first-order valence-corrected chi connectivity index (χ1v) is 5.43. The predicted octanol–water partition coefficient (Wildman–Crippen LogP) is 0.272. The van der Waals surface area contributed by atoms with Crippen LogP contribution in [0.1, 0.15) is 27.2 Å². The molecular formula is C11H17N3O2. The van der Waals surface area contributed by atoms with Gasteiger partial charge in [-0.2, -0.15) is 5.26 Å². The Kier molecular flexibility index (Phi) is 3.88. The van der Waals surface area contributed by atoms with Crippen LogP contribution in [0.2, 0.25) is 0 Å². The molecular weight excluding hydrogens is 206 g/mol. The summed E-state index contributed by atoms with van der Waals surface area (Å²) in [6.07, 6.45) is 0.604. The molecule has 1 aliphatic rings. The molecule has 1 aliphatic heterocycles. The number of nitrogens with one attached hydrogen (secondary N) is 1. The van der Waals surface area contributed by atoms with Gasteiger partial charge >= 0.3 is 0 Å². The highest BCUT2D eigenvalue weighted by Gasteiger charge is 2.41. The number of amides is 2. The van der Waals surface area contributed by atoms with Crippen LogP contribution in [0.15, 0.2) is 0 Å². The molecule has 0 aromatic heterocycles. The second kappa shape index (κ2) is 4.97. The monoisotopic (exact) mass is 223 g/mol. The highest BCUT2D eigenvalue weighted by Crippen LogP contribution is 2.19. The van der Waals surface area contributed by atoms with Gasteiger partial charge in [0.05, 0.1) is 12.6 Å². The second-order valence-corrected chi connectivity index (χ2v) is 4.52.